The number of nitrogens with one attached hydrogen (secondary N) is 1. The maximum absolute atomic E-state index is 11.1. The summed E-state index contributed by atoms with van der Waals surface area (Å²) in [5.41, 5.74) is 9.09. The fourth-order valence-electron chi connectivity index (χ4n) is 3.98. The summed E-state index contributed by atoms with van der Waals surface area (Å²) in [6.45, 7) is 3.82. The summed E-state index contributed by atoms with van der Waals surface area (Å²) < 4.78 is 34.8. The quantitative estimate of drug-likeness (QED) is 0.209. The molecule has 4 rings (SSSR count). The van der Waals surface area contributed by atoms with E-state index in [2.05, 4.69) is 70.9 Å². The van der Waals surface area contributed by atoms with Crippen LogP contribution < -0.4 is 39.6 Å². The van der Waals surface area contributed by atoms with Gasteiger partial charge in [0.15, 0.2) is 6.20 Å². The topological polar surface area (TPSA) is 158 Å². The maximum atomic E-state index is 11.1. The molecule has 37 heavy (non-hydrogen) atoms. The highest BCUT2D eigenvalue weighted by molar-refractivity contribution is 8.03. The van der Waals surface area contributed by atoms with Crippen LogP contribution in [-0.2, 0) is 6.54 Å². The lowest BCUT2D eigenvalue weighted by Gasteiger charge is -2.20. The number of rotatable bonds is 10. The molecule has 9 nitrogen and oxygen atoms in total. The van der Waals surface area contributed by atoms with E-state index in [1.807, 2.05) is 34.7 Å². The van der Waals surface area contributed by atoms with Gasteiger partial charge in [-0.15, -0.1) is 0 Å². The van der Waals surface area contributed by atoms with Crippen LogP contribution in [0.4, 0.5) is 5.69 Å². The number of aromatic nitrogens is 1. The van der Waals surface area contributed by atoms with Gasteiger partial charge < -0.3 is 21.1 Å². The molecule has 0 saturated carbocycles. The highest BCUT2D eigenvalue weighted by Crippen LogP contribution is 2.45. The summed E-state index contributed by atoms with van der Waals surface area (Å²) in [6, 6.07) is 18.9. The number of fused-ring (bicyclic) bond motifs is 2. The Hall–Kier alpha value is -2.51. The number of nitrogens with two attached hydrogens (primary N) is 1. The fourth-order valence-corrected chi connectivity index (χ4v) is 5.08. The van der Waals surface area contributed by atoms with Crippen LogP contribution in [0.1, 0.15) is 12.0 Å². The van der Waals surface area contributed by atoms with Gasteiger partial charge in [-0.3, -0.25) is 0 Å². The lowest BCUT2D eigenvalue weighted by molar-refractivity contribution is -1.92. The van der Waals surface area contributed by atoms with Crippen molar-refractivity contribution < 1.29 is 38.6 Å². The Balaban J connectivity index is 0.000000695. The first-order valence-corrected chi connectivity index (χ1v) is 13.9. The molecule has 1 aliphatic heterocycles. The first-order chi connectivity index (χ1) is 17.8. The van der Waals surface area contributed by atoms with Crippen molar-refractivity contribution in [3.63, 3.8) is 0 Å². The average Bonchev–Trinajstić information content (AvgIpc) is 3.21. The first-order valence-electron chi connectivity index (χ1n) is 11.8. The van der Waals surface area contributed by atoms with E-state index in [1.165, 1.54) is 15.6 Å². The highest BCUT2D eigenvalue weighted by atomic mass is 35.7. The molecule has 0 unspecified atom stereocenters. The Labute approximate surface area is 222 Å². The van der Waals surface area contributed by atoms with Gasteiger partial charge in [-0.1, -0.05) is 54.8 Å². The number of thioether (sulfide) groups is 1. The number of para-hydroxylation sites is 2. The summed E-state index contributed by atoms with van der Waals surface area (Å²) in [4.78, 5) is 3.70. The summed E-state index contributed by atoms with van der Waals surface area (Å²) in [7, 11) is -4.69. The van der Waals surface area contributed by atoms with Gasteiger partial charge in [0.25, 0.3) is 0 Å². The van der Waals surface area contributed by atoms with E-state index in [4.69, 9.17) is 24.4 Å². The lowest BCUT2D eigenvalue weighted by Crippen LogP contribution is -2.58. The van der Waals surface area contributed by atoms with Gasteiger partial charge in [-0.25, -0.2) is 0 Å². The number of pyridine rings is 1. The zero-order valence-electron chi connectivity index (χ0n) is 20.3. The zero-order chi connectivity index (χ0) is 26.7. The molecule has 0 bridgehead atoms. The van der Waals surface area contributed by atoms with Gasteiger partial charge in [-0.2, -0.15) is 18.5 Å². The van der Waals surface area contributed by atoms with Crippen LogP contribution in [0.25, 0.3) is 17.0 Å². The monoisotopic (exact) mass is 546 g/mol. The van der Waals surface area contributed by atoms with Crippen molar-refractivity contribution in [1.29, 1.82) is 0 Å². The van der Waals surface area contributed by atoms with Gasteiger partial charge in [0.1, 0.15) is 6.54 Å². The molecule has 0 saturated heterocycles. The standard InChI is InChI=1S/C26H30N4OS.ClHO4/c27-14-16-28-15-6-17-30-24-10-3-4-11-25(24)32-26(30)12-5-7-21-13-18-29(19-20-31)23-9-2-1-8-22(21)23;2-1(3,4)5/h1-5,7-13,18,28H,6,14-17,19-20,27H2;(H,2,3,4,5). The minimum absolute atomic E-state index is 0.120. The fraction of sp³-hybridized carbons (Fsp3) is 0.269. The minimum Gasteiger partial charge on any atom is -0.850 e. The highest BCUT2D eigenvalue weighted by Gasteiger charge is 2.23. The van der Waals surface area contributed by atoms with E-state index < -0.39 is 10.2 Å². The second-order valence-electron chi connectivity index (χ2n) is 8.06. The number of nitrogens with zero attached hydrogens (tertiary/aromatic N) is 2. The number of halogens is 1. The first kappa shape index (κ1) is 29.1. The SMILES string of the molecule is NCCNCCCN1/C(=C/C=C/c2cc[n+](CC[O-])c3ccccc23)Sc2ccccc21.[O-][Cl+3]([O-])([O-])O. The molecule has 0 radical (unpaired) electrons. The normalized spacial score (nSPS) is 14.3. The number of allylic oxidation sites excluding steroid dienone is 2. The van der Waals surface area contributed by atoms with Gasteiger partial charge in [-0.05, 0) is 42.8 Å². The Kier molecular flexibility index (Phi) is 11.3. The van der Waals surface area contributed by atoms with Gasteiger partial charge >= 0.3 is 0 Å². The summed E-state index contributed by atoms with van der Waals surface area (Å²) >= 11 is 1.82. The maximum Gasteiger partial charge on any atom is 0.213 e. The van der Waals surface area contributed by atoms with Crippen molar-refractivity contribution in [3.8, 4) is 0 Å². The molecule has 2 heterocycles. The van der Waals surface area contributed by atoms with Crippen molar-refractivity contribution in [2.24, 2.45) is 5.73 Å². The predicted molar refractivity (Wildman–Crippen MR) is 135 cm³/mol. The molecule has 0 spiro atoms. The van der Waals surface area contributed by atoms with Crippen molar-refractivity contribution in [2.45, 2.75) is 17.9 Å². The molecule has 2 aromatic carbocycles. The van der Waals surface area contributed by atoms with Crippen LogP contribution in [0.15, 0.2) is 82.9 Å². The van der Waals surface area contributed by atoms with Crippen LogP contribution in [0.2, 0.25) is 0 Å². The van der Waals surface area contributed by atoms with Crippen molar-refractivity contribution in [1.82, 2.24) is 5.32 Å². The van der Waals surface area contributed by atoms with Crippen molar-refractivity contribution in [2.75, 3.05) is 37.7 Å². The third-order valence-corrected chi connectivity index (χ3v) is 6.63. The molecular formula is C26H31ClN4O5S. The van der Waals surface area contributed by atoms with Gasteiger partial charge in [0.2, 0.25) is 5.52 Å². The number of hydrogen-bond acceptors (Lipinski definition) is 9. The van der Waals surface area contributed by atoms with Crippen LogP contribution in [0, 0.1) is 10.2 Å². The number of benzene rings is 2. The summed E-state index contributed by atoms with van der Waals surface area (Å²) in [5, 5.41) is 16.9. The molecule has 1 aromatic heterocycles. The lowest BCUT2D eigenvalue weighted by atomic mass is 10.1. The third-order valence-electron chi connectivity index (χ3n) is 5.50. The van der Waals surface area contributed by atoms with Gasteiger partial charge in [0.05, 0.1) is 31.0 Å². The summed E-state index contributed by atoms with van der Waals surface area (Å²) in [5.74, 6) is 0. The number of anilines is 1. The third kappa shape index (κ3) is 9.08. The molecule has 0 aliphatic carbocycles. The second-order valence-corrected chi connectivity index (χ2v) is 9.91. The van der Waals surface area contributed by atoms with Gasteiger partial charge in [0, 0.05) is 36.7 Å². The Morgan fingerprint density at radius 1 is 1.05 bits per heavy atom. The van der Waals surface area contributed by atoms with E-state index in [9.17, 15) is 5.11 Å². The Morgan fingerprint density at radius 2 is 1.78 bits per heavy atom. The van der Waals surface area contributed by atoms with Crippen molar-refractivity contribution >= 4 is 34.4 Å². The second kappa shape index (κ2) is 14.4. The van der Waals surface area contributed by atoms with Crippen LogP contribution in [0.3, 0.4) is 0 Å². The van der Waals surface area contributed by atoms with E-state index in [0.717, 1.165) is 42.5 Å². The molecule has 0 amide bonds. The Morgan fingerprint density at radius 3 is 2.54 bits per heavy atom. The molecule has 11 heteroatoms. The molecule has 1 aliphatic rings. The molecule has 198 valence electrons. The molecular weight excluding hydrogens is 516 g/mol. The van der Waals surface area contributed by atoms with Crippen LogP contribution in [0.5, 0.6) is 0 Å². The molecule has 0 fully saturated rings. The molecule has 0 atom stereocenters. The minimum atomic E-state index is -4.69. The molecule has 3 aromatic rings. The predicted octanol–water partition coefficient (Wildman–Crippen LogP) is -1.23. The van der Waals surface area contributed by atoms with E-state index >= 15 is 0 Å². The van der Waals surface area contributed by atoms with Crippen LogP contribution in [-0.4, -0.2) is 37.4 Å². The number of hydrogen-bond donors (Lipinski definition) is 3. The average molecular weight is 547 g/mol. The van der Waals surface area contributed by atoms with Crippen LogP contribution >= 0.6 is 11.8 Å². The zero-order valence-corrected chi connectivity index (χ0v) is 21.9. The largest absolute Gasteiger partial charge is 0.850 e. The molecule has 4 N–H and O–H groups in total. The summed E-state index contributed by atoms with van der Waals surface area (Å²) in [6.07, 6.45) is 9.55. The van der Waals surface area contributed by atoms with Crippen molar-refractivity contribution in [3.05, 3.63) is 83.5 Å². The van der Waals surface area contributed by atoms with E-state index in [-0.39, 0.29) is 6.61 Å². The smallest absolute Gasteiger partial charge is 0.213 e. The Bertz CT molecular complexity index is 1210. The van der Waals surface area contributed by atoms with E-state index in [1.54, 1.807) is 0 Å². The van der Waals surface area contributed by atoms with E-state index in [0.29, 0.717) is 13.1 Å².